The van der Waals surface area contributed by atoms with Gasteiger partial charge < -0.3 is 9.88 Å². The Bertz CT molecular complexity index is 623. The zero-order valence-corrected chi connectivity index (χ0v) is 12.7. The second-order valence-electron chi connectivity index (χ2n) is 5.98. The van der Waals surface area contributed by atoms with Gasteiger partial charge in [0.25, 0.3) is 0 Å². The van der Waals surface area contributed by atoms with Crippen LogP contribution in [0.25, 0.3) is 10.9 Å². The largest absolute Gasteiger partial charge is 0.347 e. The van der Waals surface area contributed by atoms with Crippen molar-refractivity contribution >= 4 is 26.8 Å². The number of nitrogens with one attached hydrogen (secondary N) is 1. The molecule has 19 heavy (non-hydrogen) atoms. The molecule has 1 N–H and O–H groups in total. The Morgan fingerprint density at radius 2 is 2.32 bits per heavy atom. The molecule has 0 bridgehead atoms. The van der Waals surface area contributed by atoms with Crippen LogP contribution in [-0.2, 0) is 19.4 Å². The van der Waals surface area contributed by atoms with Crippen molar-refractivity contribution in [1.29, 1.82) is 0 Å². The first-order chi connectivity index (χ1) is 9.31. The highest BCUT2D eigenvalue weighted by molar-refractivity contribution is 9.10. The predicted molar refractivity (Wildman–Crippen MR) is 82.6 cm³/mol. The van der Waals surface area contributed by atoms with Crippen LogP contribution in [0.4, 0.5) is 0 Å². The van der Waals surface area contributed by atoms with Gasteiger partial charge in [-0.2, -0.15) is 0 Å². The number of rotatable bonds is 2. The van der Waals surface area contributed by atoms with Gasteiger partial charge in [-0.25, -0.2) is 0 Å². The molecule has 1 aromatic carbocycles. The van der Waals surface area contributed by atoms with E-state index in [1.165, 1.54) is 66.3 Å². The van der Waals surface area contributed by atoms with Crippen LogP contribution in [0.2, 0.25) is 0 Å². The second kappa shape index (κ2) is 4.64. The maximum atomic E-state index is 3.68. The molecule has 4 rings (SSSR count). The van der Waals surface area contributed by atoms with Crippen LogP contribution in [0.3, 0.4) is 0 Å². The standard InChI is InChI=1S/C16H19BrN2/c17-14-7-12-2-1-5-19-10-13(15(8-14)16(12)19)6-11-3-4-18-9-11/h7-8,10-11,18H,1-6,9H2. The molecule has 1 unspecified atom stereocenters. The summed E-state index contributed by atoms with van der Waals surface area (Å²) in [5.74, 6) is 0.822. The Kier molecular flexibility index (Phi) is 2.92. The monoisotopic (exact) mass is 318 g/mol. The molecule has 3 heteroatoms. The van der Waals surface area contributed by atoms with Gasteiger partial charge in [0.1, 0.15) is 0 Å². The molecule has 3 heterocycles. The minimum absolute atomic E-state index is 0.822. The smallest absolute Gasteiger partial charge is 0.0516 e. The average molecular weight is 319 g/mol. The van der Waals surface area contributed by atoms with E-state index in [-0.39, 0.29) is 0 Å². The molecule has 1 fully saturated rings. The highest BCUT2D eigenvalue weighted by atomic mass is 79.9. The summed E-state index contributed by atoms with van der Waals surface area (Å²) in [6, 6.07) is 4.62. The molecule has 0 saturated carbocycles. The van der Waals surface area contributed by atoms with E-state index in [9.17, 15) is 0 Å². The van der Waals surface area contributed by atoms with Crippen molar-refractivity contribution in [3.05, 3.63) is 33.9 Å². The summed E-state index contributed by atoms with van der Waals surface area (Å²) >= 11 is 3.68. The Morgan fingerprint density at radius 3 is 3.16 bits per heavy atom. The van der Waals surface area contributed by atoms with E-state index in [1.807, 2.05) is 0 Å². The summed E-state index contributed by atoms with van der Waals surface area (Å²) in [7, 11) is 0. The first kappa shape index (κ1) is 12.0. The van der Waals surface area contributed by atoms with E-state index < -0.39 is 0 Å². The summed E-state index contributed by atoms with van der Waals surface area (Å²) in [5.41, 5.74) is 4.56. The van der Waals surface area contributed by atoms with Crippen molar-refractivity contribution in [3.8, 4) is 0 Å². The number of hydrogen-bond acceptors (Lipinski definition) is 1. The quantitative estimate of drug-likeness (QED) is 0.896. The van der Waals surface area contributed by atoms with Crippen LogP contribution < -0.4 is 5.32 Å². The topological polar surface area (TPSA) is 17.0 Å². The lowest BCUT2D eigenvalue weighted by Crippen LogP contribution is -2.10. The van der Waals surface area contributed by atoms with Crippen molar-refractivity contribution in [2.45, 2.75) is 32.2 Å². The summed E-state index contributed by atoms with van der Waals surface area (Å²) < 4.78 is 3.72. The van der Waals surface area contributed by atoms with Crippen LogP contribution in [0.1, 0.15) is 24.0 Å². The summed E-state index contributed by atoms with van der Waals surface area (Å²) in [5, 5.41) is 4.96. The molecule has 1 aromatic heterocycles. The summed E-state index contributed by atoms with van der Waals surface area (Å²) in [6.07, 6.45) is 7.47. The zero-order chi connectivity index (χ0) is 12.8. The van der Waals surface area contributed by atoms with Gasteiger partial charge in [-0.05, 0) is 68.0 Å². The molecule has 0 aliphatic carbocycles. The molecule has 2 aliphatic rings. The Morgan fingerprint density at radius 1 is 1.37 bits per heavy atom. The van der Waals surface area contributed by atoms with Gasteiger partial charge in [-0.1, -0.05) is 15.9 Å². The van der Waals surface area contributed by atoms with Gasteiger partial charge in [0, 0.05) is 22.6 Å². The van der Waals surface area contributed by atoms with Crippen LogP contribution in [-0.4, -0.2) is 17.7 Å². The van der Waals surface area contributed by atoms with Crippen LogP contribution >= 0.6 is 15.9 Å². The maximum absolute atomic E-state index is 3.68. The molecule has 1 atom stereocenters. The van der Waals surface area contributed by atoms with E-state index in [2.05, 4.69) is 44.1 Å². The molecule has 2 aliphatic heterocycles. The van der Waals surface area contributed by atoms with Gasteiger partial charge in [-0.3, -0.25) is 0 Å². The van der Waals surface area contributed by atoms with E-state index >= 15 is 0 Å². The molecular weight excluding hydrogens is 300 g/mol. The fourth-order valence-electron chi connectivity index (χ4n) is 3.73. The molecule has 2 aromatic rings. The lowest BCUT2D eigenvalue weighted by Gasteiger charge is -2.15. The molecular formula is C16H19BrN2. The second-order valence-corrected chi connectivity index (χ2v) is 6.89. The first-order valence-electron chi connectivity index (χ1n) is 7.32. The predicted octanol–water partition coefficient (Wildman–Crippen LogP) is 3.50. The minimum atomic E-state index is 0.822. The highest BCUT2D eigenvalue weighted by Gasteiger charge is 2.21. The Balaban J connectivity index is 1.82. The summed E-state index contributed by atoms with van der Waals surface area (Å²) in [4.78, 5) is 0. The molecule has 2 nitrogen and oxygen atoms in total. The Hall–Kier alpha value is -0.800. The fraction of sp³-hybridized carbons (Fsp3) is 0.500. The fourth-order valence-corrected chi connectivity index (χ4v) is 4.24. The lowest BCUT2D eigenvalue weighted by molar-refractivity contribution is 0.578. The van der Waals surface area contributed by atoms with E-state index in [4.69, 9.17) is 0 Å². The van der Waals surface area contributed by atoms with Gasteiger partial charge in [0.2, 0.25) is 0 Å². The van der Waals surface area contributed by atoms with Crippen LogP contribution in [0, 0.1) is 5.92 Å². The number of aryl methyl sites for hydroxylation is 2. The van der Waals surface area contributed by atoms with Gasteiger partial charge >= 0.3 is 0 Å². The third-order valence-electron chi connectivity index (χ3n) is 4.61. The molecule has 0 radical (unpaired) electrons. The Labute approximate surface area is 122 Å². The van der Waals surface area contributed by atoms with Gasteiger partial charge in [0.15, 0.2) is 0 Å². The van der Waals surface area contributed by atoms with Crippen molar-refractivity contribution in [2.24, 2.45) is 5.92 Å². The van der Waals surface area contributed by atoms with Crippen molar-refractivity contribution in [2.75, 3.05) is 13.1 Å². The van der Waals surface area contributed by atoms with Crippen molar-refractivity contribution in [3.63, 3.8) is 0 Å². The number of benzene rings is 1. The molecule has 1 saturated heterocycles. The zero-order valence-electron chi connectivity index (χ0n) is 11.1. The third kappa shape index (κ3) is 2.03. The van der Waals surface area contributed by atoms with Crippen molar-refractivity contribution < 1.29 is 0 Å². The molecule has 100 valence electrons. The number of hydrogen-bond donors (Lipinski definition) is 1. The van der Waals surface area contributed by atoms with Gasteiger partial charge in [0.05, 0.1) is 5.52 Å². The van der Waals surface area contributed by atoms with E-state index in [0.717, 1.165) is 5.92 Å². The third-order valence-corrected chi connectivity index (χ3v) is 5.07. The average Bonchev–Trinajstić information content (AvgIpc) is 3.00. The number of aromatic nitrogens is 1. The van der Waals surface area contributed by atoms with Crippen LogP contribution in [0.5, 0.6) is 0 Å². The first-order valence-corrected chi connectivity index (χ1v) is 8.11. The normalized spacial score (nSPS) is 22.3. The lowest BCUT2D eigenvalue weighted by atomic mass is 9.97. The SMILES string of the molecule is Brc1cc2c3c(c1)c(CC1CCNC1)cn3CCC2. The summed E-state index contributed by atoms with van der Waals surface area (Å²) in [6.45, 7) is 3.57. The van der Waals surface area contributed by atoms with Crippen molar-refractivity contribution in [1.82, 2.24) is 9.88 Å². The van der Waals surface area contributed by atoms with Crippen LogP contribution in [0.15, 0.2) is 22.8 Å². The van der Waals surface area contributed by atoms with E-state index in [1.54, 1.807) is 5.56 Å². The molecule has 0 amide bonds. The minimum Gasteiger partial charge on any atom is -0.347 e. The number of nitrogens with zero attached hydrogens (tertiary/aromatic N) is 1. The number of halogens is 1. The van der Waals surface area contributed by atoms with Gasteiger partial charge in [-0.15, -0.1) is 0 Å². The highest BCUT2D eigenvalue weighted by Crippen LogP contribution is 2.34. The molecule has 0 spiro atoms. The maximum Gasteiger partial charge on any atom is 0.0516 e. The van der Waals surface area contributed by atoms with E-state index in [0.29, 0.717) is 0 Å².